The predicted molar refractivity (Wildman–Crippen MR) is 81.4 cm³/mol. The first-order valence-corrected chi connectivity index (χ1v) is 8.34. The molecule has 0 radical (unpaired) electrons. The van der Waals surface area contributed by atoms with Crippen molar-refractivity contribution in [3.05, 3.63) is 35.0 Å². The van der Waals surface area contributed by atoms with Crippen LogP contribution in [0.4, 0.5) is 4.39 Å². The van der Waals surface area contributed by atoms with Crippen LogP contribution in [0.15, 0.2) is 24.3 Å². The van der Waals surface area contributed by atoms with E-state index in [2.05, 4.69) is 0 Å². The lowest BCUT2D eigenvalue weighted by Crippen LogP contribution is -2.46. The van der Waals surface area contributed by atoms with Gasteiger partial charge < -0.3 is 4.74 Å². The van der Waals surface area contributed by atoms with Crippen LogP contribution >= 0.6 is 11.3 Å². The van der Waals surface area contributed by atoms with E-state index in [1.165, 1.54) is 29.9 Å². The Hall–Kier alpha value is -1.26. The Kier molecular flexibility index (Phi) is 3.12. The van der Waals surface area contributed by atoms with Crippen molar-refractivity contribution in [2.24, 2.45) is 5.92 Å². The first kappa shape index (κ1) is 13.4. The Morgan fingerprint density at radius 3 is 2.95 bits per heavy atom. The lowest BCUT2D eigenvalue weighted by atomic mass is 9.71. The van der Waals surface area contributed by atoms with E-state index in [0.29, 0.717) is 6.61 Å². The van der Waals surface area contributed by atoms with Gasteiger partial charge in [0.2, 0.25) is 0 Å². The molecule has 2 aromatic rings. The number of hydrogen-bond donors (Lipinski definition) is 0. The number of carbonyl (C=O) groups is 1. The number of thiophene rings is 1. The Morgan fingerprint density at radius 2 is 2.19 bits per heavy atom. The fourth-order valence-corrected chi connectivity index (χ4v) is 4.57. The summed E-state index contributed by atoms with van der Waals surface area (Å²) in [6.45, 7) is 0.690. The van der Waals surface area contributed by atoms with Crippen molar-refractivity contribution in [1.82, 2.24) is 0 Å². The minimum atomic E-state index is -0.251. The Bertz CT molecular complexity index is 702. The Balaban J connectivity index is 1.60. The van der Waals surface area contributed by atoms with E-state index in [-0.39, 0.29) is 23.1 Å². The maximum absolute atomic E-state index is 13.3. The molecule has 1 aromatic carbocycles. The highest BCUT2D eigenvalue weighted by atomic mass is 32.1. The van der Waals surface area contributed by atoms with Gasteiger partial charge >= 0.3 is 0 Å². The van der Waals surface area contributed by atoms with Crippen LogP contribution in [-0.2, 0) is 4.74 Å². The van der Waals surface area contributed by atoms with Gasteiger partial charge in [0, 0.05) is 17.2 Å². The summed E-state index contributed by atoms with van der Waals surface area (Å²) in [6.07, 6.45) is 5.06. The number of fused-ring (bicyclic) bond motifs is 1. The van der Waals surface area contributed by atoms with E-state index < -0.39 is 0 Å². The maximum Gasteiger partial charge on any atom is 0.176 e. The molecule has 4 heteroatoms. The van der Waals surface area contributed by atoms with Crippen molar-refractivity contribution in [3.63, 3.8) is 0 Å². The van der Waals surface area contributed by atoms with Gasteiger partial charge in [-0.1, -0.05) is 0 Å². The molecule has 2 fully saturated rings. The molecule has 0 amide bonds. The molecule has 1 saturated heterocycles. The fraction of sp³-hybridized carbons (Fsp3) is 0.471. The summed E-state index contributed by atoms with van der Waals surface area (Å²) in [6, 6.07) is 6.54. The average Bonchev–Trinajstić information content (AvgIpc) is 2.88. The van der Waals surface area contributed by atoms with Gasteiger partial charge in [0.05, 0.1) is 10.5 Å². The third kappa shape index (κ3) is 2.30. The van der Waals surface area contributed by atoms with Crippen LogP contribution in [0.1, 0.15) is 41.8 Å². The van der Waals surface area contributed by atoms with Gasteiger partial charge in [0.25, 0.3) is 0 Å². The highest BCUT2D eigenvalue weighted by Crippen LogP contribution is 2.45. The van der Waals surface area contributed by atoms with Crippen LogP contribution in [0.3, 0.4) is 0 Å². The average molecular weight is 304 g/mol. The van der Waals surface area contributed by atoms with Gasteiger partial charge in [-0.15, -0.1) is 11.3 Å². The van der Waals surface area contributed by atoms with E-state index in [1.54, 1.807) is 6.07 Å². The van der Waals surface area contributed by atoms with Crippen LogP contribution in [0.5, 0.6) is 0 Å². The summed E-state index contributed by atoms with van der Waals surface area (Å²) in [7, 11) is 0. The smallest absolute Gasteiger partial charge is 0.176 e. The molecule has 1 atom stereocenters. The number of halogens is 1. The maximum atomic E-state index is 13.3. The SMILES string of the molecule is O=C(c1cc2cc(F)ccc2s1)C1CCOC2(CCC2)C1. The molecule has 1 unspecified atom stereocenters. The van der Waals surface area contributed by atoms with Crippen molar-refractivity contribution in [2.45, 2.75) is 37.7 Å². The van der Waals surface area contributed by atoms with Crippen molar-refractivity contribution < 1.29 is 13.9 Å². The molecule has 21 heavy (non-hydrogen) atoms. The summed E-state index contributed by atoms with van der Waals surface area (Å²) >= 11 is 1.48. The molecule has 1 aliphatic carbocycles. The van der Waals surface area contributed by atoms with Crippen LogP contribution in [0.25, 0.3) is 10.1 Å². The number of hydrogen-bond acceptors (Lipinski definition) is 3. The predicted octanol–water partition coefficient (Wildman–Crippen LogP) is 4.57. The van der Waals surface area contributed by atoms with Gasteiger partial charge in [-0.2, -0.15) is 0 Å². The topological polar surface area (TPSA) is 26.3 Å². The van der Waals surface area contributed by atoms with Gasteiger partial charge in [-0.25, -0.2) is 4.39 Å². The number of ether oxygens (including phenoxy) is 1. The summed E-state index contributed by atoms with van der Waals surface area (Å²) in [5.41, 5.74) is -0.0125. The molecule has 110 valence electrons. The normalized spacial score (nSPS) is 24.1. The van der Waals surface area contributed by atoms with E-state index in [9.17, 15) is 9.18 Å². The molecule has 2 aliphatic rings. The Labute approximate surface area is 126 Å². The number of benzene rings is 1. The summed E-state index contributed by atoms with van der Waals surface area (Å²) in [4.78, 5) is 13.5. The van der Waals surface area contributed by atoms with Crippen molar-refractivity contribution >= 4 is 27.2 Å². The zero-order valence-corrected chi connectivity index (χ0v) is 12.5. The second kappa shape index (κ2) is 4.89. The van der Waals surface area contributed by atoms with Crippen molar-refractivity contribution in [3.8, 4) is 0 Å². The van der Waals surface area contributed by atoms with Gasteiger partial charge in [0.1, 0.15) is 5.82 Å². The van der Waals surface area contributed by atoms with Gasteiger partial charge in [0.15, 0.2) is 5.78 Å². The number of carbonyl (C=O) groups excluding carboxylic acids is 1. The summed E-state index contributed by atoms with van der Waals surface area (Å²) < 4.78 is 20.1. The van der Waals surface area contributed by atoms with Crippen LogP contribution in [-0.4, -0.2) is 18.0 Å². The highest BCUT2D eigenvalue weighted by molar-refractivity contribution is 7.20. The fourth-order valence-electron chi connectivity index (χ4n) is 3.51. The standard InChI is InChI=1S/C17H17FO2S/c18-13-2-3-14-12(8-13)9-15(21-14)16(19)11-4-7-20-17(10-11)5-1-6-17/h2-3,8-9,11H,1,4-7,10H2. The molecule has 2 heterocycles. The third-order valence-electron chi connectivity index (χ3n) is 4.85. The summed E-state index contributed by atoms with van der Waals surface area (Å²) in [5, 5.41) is 0.828. The minimum Gasteiger partial charge on any atom is -0.375 e. The second-order valence-electron chi connectivity index (χ2n) is 6.23. The van der Waals surface area contributed by atoms with Crippen LogP contribution < -0.4 is 0 Å². The molecule has 4 rings (SSSR count). The summed E-state index contributed by atoms with van der Waals surface area (Å²) in [5.74, 6) is 0.0296. The number of ketones is 1. The highest BCUT2D eigenvalue weighted by Gasteiger charge is 2.44. The van der Waals surface area contributed by atoms with Gasteiger partial charge in [-0.3, -0.25) is 4.79 Å². The molecule has 1 spiro atoms. The molecular weight excluding hydrogens is 287 g/mol. The second-order valence-corrected chi connectivity index (χ2v) is 7.32. The largest absolute Gasteiger partial charge is 0.375 e. The molecular formula is C17H17FO2S. The van der Waals surface area contributed by atoms with Gasteiger partial charge in [-0.05, 0) is 61.8 Å². The van der Waals surface area contributed by atoms with Crippen molar-refractivity contribution in [2.75, 3.05) is 6.61 Å². The minimum absolute atomic E-state index is 0.0125. The van der Waals surface area contributed by atoms with Crippen LogP contribution in [0.2, 0.25) is 0 Å². The van der Waals surface area contributed by atoms with E-state index in [4.69, 9.17) is 4.74 Å². The molecule has 1 aliphatic heterocycles. The Morgan fingerprint density at radius 1 is 1.33 bits per heavy atom. The number of Topliss-reactive ketones (excluding diaryl/α,β-unsaturated/α-hetero) is 1. The molecule has 0 bridgehead atoms. The first-order valence-electron chi connectivity index (χ1n) is 7.53. The van der Waals surface area contributed by atoms with E-state index in [0.717, 1.165) is 40.6 Å². The van der Waals surface area contributed by atoms with Crippen molar-refractivity contribution in [1.29, 1.82) is 0 Å². The third-order valence-corrected chi connectivity index (χ3v) is 5.98. The van der Waals surface area contributed by atoms with E-state index in [1.807, 2.05) is 6.07 Å². The lowest BCUT2D eigenvalue weighted by Gasteiger charge is -2.46. The monoisotopic (exact) mass is 304 g/mol. The van der Waals surface area contributed by atoms with E-state index >= 15 is 0 Å². The molecule has 0 N–H and O–H groups in total. The lowest BCUT2D eigenvalue weighted by molar-refractivity contribution is -0.137. The quantitative estimate of drug-likeness (QED) is 0.760. The van der Waals surface area contributed by atoms with Crippen LogP contribution in [0, 0.1) is 11.7 Å². The number of rotatable bonds is 2. The zero-order chi connectivity index (χ0) is 14.4. The molecule has 2 nitrogen and oxygen atoms in total. The zero-order valence-electron chi connectivity index (χ0n) is 11.7. The molecule has 1 saturated carbocycles. The molecule has 1 aromatic heterocycles. The first-order chi connectivity index (χ1) is 10.2.